The molecule has 0 bridgehead atoms. The third-order valence-corrected chi connectivity index (χ3v) is 2.47. The zero-order valence-electron chi connectivity index (χ0n) is 4.14. The zero-order chi connectivity index (χ0) is 8.36. The molecular weight excluding hydrogens is 215 g/mol. The molecule has 0 fully saturated rings. The van der Waals surface area contributed by atoms with Crippen LogP contribution in [0.5, 0.6) is 0 Å². The number of alkyl halides is 3. The van der Waals surface area contributed by atoms with Gasteiger partial charge in [-0.25, -0.2) is 0 Å². The van der Waals surface area contributed by atoms with Crippen molar-refractivity contribution in [3.8, 4) is 0 Å². The molecule has 62 valence electrons. The normalized spacial score (nSPS) is 18.6. The fourth-order valence-corrected chi connectivity index (χ4v) is 1.48. The van der Waals surface area contributed by atoms with Gasteiger partial charge < -0.3 is 9.11 Å². The van der Waals surface area contributed by atoms with Crippen molar-refractivity contribution >= 4 is 32.6 Å². The first-order valence-electron chi connectivity index (χ1n) is 1.67. The minimum absolute atomic E-state index is 1.07. The number of hydrogen-bond acceptors (Lipinski definition) is 3. The SMILES string of the molecule is [O-][S+](Cl)N[S+]([O-])C(F)(F)F. The van der Waals surface area contributed by atoms with Crippen LogP contribution in [0, 0.1) is 0 Å². The molecule has 0 aliphatic rings. The van der Waals surface area contributed by atoms with E-state index < -0.39 is 27.4 Å². The average Bonchev–Trinajstić information content (AvgIpc) is 1.60. The largest absolute Gasteiger partial charge is 0.597 e. The second-order valence-electron chi connectivity index (χ2n) is 1.02. The highest BCUT2D eigenvalue weighted by Crippen LogP contribution is 2.22. The molecular formula is CHClF3NO2S2. The Balaban J connectivity index is 3.73. The van der Waals surface area contributed by atoms with E-state index in [0.29, 0.717) is 0 Å². The van der Waals surface area contributed by atoms with Crippen molar-refractivity contribution in [1.29, 1.82) is 0 Å². The molecule has 0 rings (SSSR count). The van der Waals surface area contributed by atoms with Gasteiger partial charge in [-0.05, 0) is 0 Å². The van der Waals surface area contributed by atoms with Crippen LogP contribution in [0.15, 0.2) is 0 Å². The maximum absolute atomic E-state index is 11.3. The minimum atomic E-state index is -4.93. The molecule has 0 aromatic heterocycles. The molecule has 10 heavy (non-hydrogen) atoms. The molecule has 0 radical (unpaired) electrons. The van der Waals surface area contributed by atoms with Gasteiger partial charge in [-0.2, -0.15) is 0 Å². The monoisotopic (exact) mass is 215 g/mol. The summed E-state index contributed by atoms with van der Waals surface area (Å²) < 4.78 is 54.5. The summed E-state index contributed by atoms with van der Waals surface area (Å²) in [5.74, 6) is 0. The summed E-state index contributed by atoms with van der Waals surface area (Å²) in [4.78, 5) is 0. The first-order valence-corrected chi connectivity index (χ1v) is 4.79. The van der Waals surface area contributed by atoms with E-state index >= 15 is 0 Å². The lowest BCUT2D eigenvalue weighted by molar-refractivity contribution is -0.0440. The van der Waals surface area contributed by atoms with E-state index in [-0.39, 0.29) is 0 Å². The molecule has 0 aliphatic carbocycles. The van der Waals surface area contributed by atoms with Crippen LogP contribution in [0.1, 0.15) is 0 Å². The maximum Gasteiger partial charge on any atom is 0.597 e. The molecule has 0 heterocycles. The lowest BCUT2D eigenvalue weighted by Gasteiger charge is -2.09. The molecule has 0 saturated carbocycles. The van der Waals surface area contributed by atoms with E-state index in [4.69, 9.17) is 0 Å². The van der Waals surface area contributed by atoms with E-state index in [9.17, 15) is 22.3 Å². The van der Waals surface area contributed by atoms with Gasteiger partial charge in [0.25, 0.3) is 0 Å². The van der Waals surface area contributed by atoms with Gasteiger partial charge in [-0.15, -0.1) is 13.2 Å². The van der Waals surface area contributed by atoms with Gasteiger partial charge in [0.2, 0.25) is 32.6 Å². The van der Waals surface area contributed by atoms with Gasteiger partial charge in [0.05, 0.1) is 4.13 Å². The second-order valence-corrected chi connectivity index (χ2v) is 3.98. The van der Waals surface area contributed by atoms with Crippen molar-refractivity contribution in [2.75, 3.05) is 0 Å². The molecule has 0 amide bonds. The lowest BCUT2D eigenvalue weighted by atomic mass is 11.6. The van der Waals surface area contributed by atoms with E-state index in [1.54, 1.807) is 0 Å². The van der Waals surface area contributed by atoms with Crippen molar-refractivity contribution < 1.29 is 22.3 Å². The lowest BCUT2D eigenvalue weighted by Crippen LogP contribution is -2.38. The highest BCUT2D eigenvalue weighted by atomic mass is 35.7. The predicted molar refractivity (Wildman–Crippen MR) is 31.3 cm³/mol. The topological polar surface area (TPSA) is 58.1 Å². The fourth-order valence-electron chi connectivity index (χ4n) is 0.107. The molecule has 2 unspecified atom stereocenters. The highest BCUT2D eigenvalue weighted by Gasteiger charge is 2.48. The van der Waals surface area contributed by atoms with Crippen LogP contribution in [0.25, 0.3) is 0 Å². The van der Waals surface area contributed by atoms with Gasteiger partial charge in [0.1, 0.15) is 0 Å². The zero-order valence-corrected chi connectivity index (χ0v) is 6.53. The van der Waals surface area contributed by atoms with Crippen molar-refractivity contribution in [3.63, 3.8) is 0 Å². The molecule has 9 heteroatoms. The predicted octanol–water partition coefficient (Wildman–Crippen LogP) is 0.577. The van der Waals surface area contributed by atoms with Crippen molar-refractivity contribution in [3.05, 3.63) is 0 Å². The Hall–Kier alpha value is 0.660. The van der Waals surface area contributed by atoms with Gasteiger partial charge in [0.15, 0.2) is 0 Å². The Morgan fingerprint density at radius 2 is 1.70 bits per heavy atom. The Morgan fingerprint density at radius 3 is 1.80 bits per heavy atom. The van der Waals surface area contributed by atoms with Crippen LogP contribution < -0.4 is 4.13 Å². The summed E-state index contributed by atoms with van der Waals surface area (Å²) in [6.07, 6.45) is 0. The Bertz CT molecular complexity index is 109. The van der Waals surface area contributed by atoms with Crippen LogP contribution >= 0.6 is 10.7 Å². The summed E-state index contributed by atoms with van der Waals surface area (Å²) >= 11 is -3.35. The number of halogens is 4. The molecule has 1 N–H and O–H groups in total. The molecule has 3 nitrogen and oxygen atoms in total. The van der Waals surface area contributed by atoms with E-state index in [1.165, 1.54) is 0 Å². The van der Waals surface area contributed by atoms with Crippen LogP contribution in [0.4, 0.5) is 13.2 Å². The molecule has 0 saturated heterocycles. The third-order valence-electron chi connectivity index (χ3n) is 0.351. The number of nitrogens with one attached hydrogen (secondary N) is 1. The number of rotatable bonds is 2. The molecule has 2 atom stereocenters. The van der Waals surface area contributed by atoms with Crippen LogP contribution in [-0.2, 0) is 21.9 Å². The van der Waals surface area contributed by atoms with Gasteiger partial charge in [0, 0.05) is 0 Å². The van der Waals surface area contributed by atoms with Crippen LogP contribution in [-0.4, -0.2) is 14.6 Å². The first-order chi connectivity index (χ1) is 4.34. The third kappa shape index (κ3) is 4.47. The van der Waals surface area contributed by atoms with Crippen LogP contribution in [0.2, 0.25) is 0 Å². The van der Waals surface area contributed by atoms with Gasteiger partial charge >= 0.3 is 5.51 Å². The van der Waals surface area contributed by atoms with E-state index in [2.05, 4.69) is 10.7 Å². The minimum Gasteiger partial charge on any atom is -0.587 e. The molecule has 0 aliphatic heterocycles. The summed E-state index contributed by atoms with van der Waals surface area (Å²) in [6, 6.07) is 0. The van der Waals surface area contributed by atoms with E-state index in [0.717, 1.165) is 4.13 Å². The first kappa shape index (κ1) is 10.7. The average molecular weight is 216 g/mol. The van der Waals surface area contributed by atoms with E-state index in [1.807, 2.05) is 0 Å². The summed E-state index contributed by atoms with van der Waals surface area (Å²) in [5.41, 5.74) is -4.93. The molecule has 0 aromatic carbocycles. The standard InChI is InChI=1S/CHClF3NO2S2/c2-10(8)6-9(7)1(3,4)5/h6H. The summed E-state index contributed by atoms with van der Waals surface area (Å²) in [5, 5.41) is 0. The van der Waals surface area contributed by atoms with Gasteiger partial charge in [-0.3, -0.25) is 0 Å². The Morgan fingerprint density at radius 1 is 1.30 bits per heavy atom. The van der Waals surface area contributed by atoms with Crippen molar-refractivity contribution in [2.45, 2.75) is 5.51 Å². The molecule has 0 aromatic rings. The fraction of sp³-hybridized carbons (Fsp3) is 1.00. The summed E-state index contributed by atoms with van der Waals surface area (Å²) in [7, 11) is 2.11. The second kappa shape index (κ2) is 3.88. The Kier molecular flexibility index (Phi) is 4.14. The smallest absolute Gasteiger partial charge is 0.587 e. The quantitative estimate of drug-likeness (QED) is 0.686. The van der Waals surface area contributed by atoms with Gasteiger partial charge in [-0.1, -0.05) is 0 Å². The van der Waals surface area contributed by atoms with Crippen molar-refractivity contribution in [1.82, 2.24) is 4.13 Å². The summed E-state index contributed by atoms with van der Waals surface area (Å²) in [6.45, 7) is 0. The number of hydrogen-bond donors (Lipinski definition) is 1. The maximum atomic E-state index is 11.3. The van der Waals surface area contributed by atoms with Crippen LogP contribution in [0.3, 0.4) is 0 Å². The molecule has 0 spiro atoms. The highest BCUT2D eigenvalue weighted by molar-refractivity contribution is 8.18. The Labute approximate surface area is 65.1 Å². The van der Waals surface area contributed by atoms with Crippen molar-refractivity contribution in [2.24, 2.45) is 0 Å².